The van der Waals surface area contributed by atoms with Gasteiger partial charge >= 0.3 is 6.09 Å². The Morgan fingerprint density at radius 1 is 1.08 bits per heavy atom. The van der Waals surface area contributed by atoms with E-state index in [0.717, 1.165) is 11.1 Å². The SMILES string of the molecule is O=C1N[C@H](c2cc(-c3ccccc3Cl)ccn2)[C@@H](c2ccc(F)cc2)O1. The predicted octanol–water partition coefficient (Wildman–Crippen LogP) is 5.06. The zero-order valence-electron chi connectivity index (χ0n) is 13.5. The van der Waals surface area contributed by atoms with Gasteiger partial charge in [-0.1, -0.05) is 41.9 Å². The van der Waals surface area contributed by atoms with E-state index in [1.165, 1.54) is 12.1 Å². The summed E-state index contributed by atoms with van der Waals surface area (Å²) in [6.07, 6.45) is 0.548. The first-order chi connectivity index (χ1) is 12.6. The average molecular weight is 369 g/mol. The van der Waals surface area contributed by atoms with Crippen molar-refractivity contribution < 1.29 is 13.9 Å². The van der Waals surface area contributed by atoms with Crippen molar-refractivity contribution in [2.75, 3.05) is 0 Å². The zero-order valence-corrected chi connectivity index (χ0v) is 14.3. The molecular formula is C20H14ClFN2O2. The number of hydrogen-bond donors (Lipinski definition) is 1. The van der Waals surface area contributed by atoms with E-state index in [2.05, 4.69) is 10.3 Å². The fraction of sp³-hybridized carbons (Fsp3) is 0.100. The summed E-state index contributed by atoms with van der Waals surface area (Å²) < 4.78 is 18.6. The summed E-state index contributed by atoms with van der Waals surface area (Å²) in [7, 11) is 0. The number of amides is 1. The number of carbonyl (C=O) groups is 1. The largest absolute Gasteiger partial charge is 0.439 e. The molecule has 6 heteroatoms. The van der Waals surface area contributed by atoms with Crippen molar-refractivity contribution in [2.24, 2.45) is 0 Å². The van der Waals surface area contributed by atoms with Gasteiger partial charge in [0.1, 0.15) is 11.9 Å². The molecule has 1 aromatic heterocycles. The quantitative estimate of drug-likeness (QED) is 0.702. The molecule has 1 fully saturated rings. The molecule has 0 saturated carbocycles. The molecule has 26 heavy (non-hydrogen) atoms. The fourth-order valence-corrected chi connectivity index (χ4v) is 3.29. The topological polar surface area (TPSA) is 51.2 Å². The van der Waals surface area contributed by atoms with Crippen LogP contribution in [0.1, 0.15) is 23.4 Å². The van der Waals surface area contributed by atoms with Crippen molar-refractivity contribution >= 4 is 17.7 Å². The van der Waals surface area contributed by atoms with Crippen molar-refractivity contribution in [3.63, 3.8) is 0 Å². The standard InChI is InChI=1S/C20H14ClFN2O2/c21-16-4-2-1-3-15(16)13-9-10-23-17(11-13)18-19(26-20(25)24-18)12-5-7-14(22)8-6-12/h1-11,18-19H,(H,24,25)/t18-,19-/m1/s1. The Morgan fingerprint density at radius 3 is 2.62 bits per heavy atom. The minimum atomic E-state index is -0.586. The van der Waals surface area contributed by atoms with Crippen LogP contribution in [0.3, 0.4) is 0 Å². The van der Waals surface area contributed by atoms with Crippen LogP contribution in [-0.2, 0) is 4.74 Å². The van der Waals surface area contributed by atoms with Crippen LogP contribution >= 0.6 is 11.6 Å². The van der Waals surface area contributed by atoms with Gasteiger partial charge in [0.15, 0.2) is 6.10 Å². The second kappa shape index (κ2) is 6.77. The number of rotatable bonds is 3. The number of aromatic nitrogens is 1. The number of nitrogens with zero attached hydrogens (tertiary/aromatic N) is 1. The minimum absolute atomic E-state index is 0.346. The molecular weight excluding hydrogens is 355 g/mol. The monoisotopic (exact) mass is 368 g/mol. The van der Waals surface area contributed by atoms with Crippen molar-refractivity contribution in [1.82, 2.24) is 10.3 Å². The van der Waals surface area contributed by atoms with Crippen LogP contribution in [0.4, 0.5) is 9.18 Å². The summed E-state index contributed by atoms with van der Waals surface area (Å²) in [5, 5.41) is 3.41. The lowest BCUT2D eigenvalue weighted by Crippen LogP contribution is -2.20. The Bertz CT molecular complexity index is 962. The third-order valence-corrected chi connectivity index (χ3v) is 4.62. The highest BCUT2D eigenvalue weighted by Crippen LogP contribution is 2.37. The molecule has 0 bridgehead atoms. The van der Waals surface area contributed by atoms with Gasteiger partial charge in [0, 0.05) is 16.8 Å². The molecule has 1 aliphatic heterocycles. The van der Waals surface area contributed by atoms with Gasteiger partial charge in [-0.15, -0.1) is 0 Å². The summed E-state index contributed by atoms with van der Waals surface area (Å²) >= 11 is 6.28. The third-order valence-electron chi connectivity index (χ3n) is 4.29. The number of pyridine rings is 1. The van der Waals surface area contributed by atoms with Gasteiger partial charge < -0.3 is 10.1 Å². The lowest BCUT2D eigenvalue weighted by Gasteiger charge is -2.17. The number of ether oxygens (including phenoxy) is 1. The van der Waals surface area contributed by atoms with Crippen LogP contribution < -0.4 is 5.32 Å². The molecule has 130 valence electrons. The van der Waals surface area contributed by atoms with Gasteiger partial charge in [-0.05, 0) is 41.5 Å². The van der Waals surface area contributed by atoms with Gasteiger partial charge in [0.2, 0.25) is 0 Å². The van der Waals surface area contributed by atoms with E-state index in [4.69, 9.17) is 16.3 Å². The molecule has 1 saturated heterocycles. The smallest absolute Gasteiger partial charge is 0.408 e. The van der Waals surface area contributed by atoms with Crippen molar-refractivity contribution in [1.29, 1.82) is 0 Å². The second-order valence-electron chi connectivity index (χ2n) is 5.95. The number of nitrogens with one attached hydrogen (secondary N) is 1. The number of alkyl carbamates (subject to hydrolysis) is 1. The fourth-order valence-electron chi connectivity index (χ4n) is 3.04. The van der Waals surface area contributed by atoms with E-state index in [1.54, 1.807) is 18.3 Å². The number of halogens is 2. The molecule has 1 N–H and O–H groups in total. The molecule has 2 aromatic carbocycles. The first kappa shape index (κ1) is 16.5. The Balaban J connectivity index is 1.72. The summed E-state index contributed by atoms with van der Waals surface area (Å²) in [6, 6.07) is 16.6. The molecule has 3 aromatic rings. The second-order valence-corrected chi connectivity index (χ2v) is 6.36. The van der Waals surface area contributed by atoms with Crippen molar-refractivity contribution in [3.8, 4) is 11.1 Å². The van der Waals surface area contributed by atoms with Crippen molar-refractivity contribution in [3.05, 3.63) is 89.0 Å². The lowest BCUT2D eigenvalue weighted by atomic mass is 9.97. The molecule has 2 atom stereocenters. The summed E-state index contributed by atoms with van der Waals surface area (Å²) in [5.74, 6) is -0.346. The van der Waals surface area contributed by atoms with Gasteiger partial charge in [-0.2, -0.15) is 0 Å². The summed E-state index contributed by atoms with van der Waals surface area (Å²) in [5.41, 5.74) is 3.10. The average Bonchev–Trinajstić information content (AvgIpc) is 3.05. The maximum absolute atomic E-state index is 13.2. The molecule has 4 rings (SSSR count). The lowest BCUT2D eigenvalue weighted by molar-refractivity contribution is 0.132. The van der Waals surface area contributed by atoms with Crippen LogP contribution in [0.5, 0.6) is 0 Å². The highest BCUT2D eigenvalue weighted by Gasteiger charge is 2.37. The highest BCUT2D eigenvalue weighted by molar-refractivity contribution is 6.33. The maximum atomic E-state index is 13.2. The molecule has 0 radical (unpaired) electrons. The Labute approximate surface area is 154 Å². The van der Waals surface area contributed by atoms with E-state index in [1.807, 2.05) is 36.4 Å². The number of hydrogen-bond acceptors (Lipinski definition) is 3. The molecule has 4 nitrogen and oxygen atoms in total. The van der Waals surface area contributed by atoms with E-state index in [-0.39, 0.29) is 5.82 Å². The molecule has 2 heterocycles. The Morgan fingerprint density at radius 2 is 1.85 bits per heavy atom. The van der Waals surface area contributed by atoms with E-state index in [9.17, 15) is 9.18 Å². The summed E-state index contributed by atoms with van der Waals surface area (Å²) in [4.78, 5) is 16.2. The minimum Gasteiger partial charge on any atom is -0.439 e. The normalized spacial score (nSPS) is 19.1. The number of benzene rings is 2. The molecule has 0 spiro atoms. The van der Waals surface area contributed by atoms with Crippen LogP contribution in [0, 0.1) is 5.82 Å². The van der Waals surface area contributed by atoms with Crippen LogP contribution in [-0.4, -0.2) is 11.1 Å². The first-order valence-electron chi connectivity index (χ1n) is 8.05. The Hall–Kier alpha value is -2.92. The van der Waals surface area contributed by atoms with Gasteiger partial charge in [-0.25, -0.2) is 9.18 Å². The molecule has 0 aliphatic carbocycles. The molecule has 1 amide bonds. The zero-order chi connectivity index (χ0) is 18.1. The maximum Gasteiger partial charge on any atom is 0.408 e. The third kappa shape index (κ3) is 3.13. The summed E-state index contributed by atoms with van der Waals surface area (Å²) in [6.45, 7) is 0. The van der Waals surface area contributed by atoms with E-state index < -0.39 is 18.2 Å². The van der Waals surface area contributed by atoms with Gasteiger partial charge in [0.05, 0.1) is 5.69 Å². The number of cyclic esters (lactones) is 1. The van der Waals surface area contributed by atoms with Crippen molar-refractivity contribution in [2.45, 2.75) is 12.1 Å². The molecule has 0 unspecified atom stereocenters. The van der Waals surface area contributed by atoms with E-state index >= 15 is 0 Å². The van der Waals surface area contributed by atoms with Crippen LogP contribution in [0.15, 0.2) is 66.9 Å². The van der Waals surface area contributed by atoms with Crippen LogP contribution in [0.25, 0.3) is 11.1 Å². The first-order valence-corrected chi connectivity index (χ1v) is 8.43. The van der Waals surface area contributed by atoms with Crippen LogP contribution in [0.2, 0.25) is 5.02 Å². The number of carbonyl (C=O) groups excluding carboxylic acids is 1. The predicted molar refractivity (Wildman–Crippen MR) is 96.2 cm³/mol. The highest BCUT2D eigenvalue weighted by atomic mass is 35.5. The Kier molecular flexibility index (Phi) is 4.31. The van der Waals surface area contributed by atoms with Gasteiger partial charge in [-0.3, -0.25) is 4.98 Å². The van der Waals surface area contributed by atoms with Gasteiger partial charge in [0.25, 0.3) is 0 Å². The van der Waals surface area contributed by atoms with E-state index in [0.29, 0.717) is 16.3 Å². The molecule has 1 aliphatic rings.